The van der Waals surface area contributed by atoms with Gasteiger partial charge < -0.3 is 33.5 Å². The lowest BCUT2D eigenvalue weighted by Gasteiger charge is -2.48. The highest BCUT2D eigenvalue weighted by Crippen LogP contribution is 2.48. The summed E-state index contributed by atoms with van der Waals surface area (Å²) >= 11 is 1.80. The zero-order valence-corrected chi connectivity index (χ0v) is 41.0. The standard InChI is InChI=1S/C50H54F4IN7O6/c1-27-43-36-17-12-31(62(36)48(63)68-49(2,3)4)25-61(43)45-38-42(57-47(58-45)66-26-50-18-7-19-60(50)24-30(51)21-50)40(54)41(56-46(38)67-27)37-35(55)20-34(52)44(39(37)53)59(22-28-8-13-32(64-5)14-9-28)23-29-10-15-33(65-6)16-11-29/h8-11,13-16,20,27,30-31,36,43H,7,12,17-19,21-26H2,1-6H3/t27-,30+,31+,36-,43+,50-/m0/s1. The molecule has 0 unspecified atom stereocenters. The second-order valence-electron chi connectivity index (χ2n) is 19.6. The van der Waals surface area contributed by atoms with Crippen LogP contribution in [0.4, 0.5) is 33.9 Å². The minimum Gasteiger partial charge on any atom is -0.497 e. The van der Waals surface area contributed by atoms with Crippen molar-refractivity contribution in [2.24, 2.45) is 0 Å². The molecular formula is C50H54F4IN7O6. The Balaban J connectivity index is 1.11. The number of amides is 1. The van der Waals surface area contributed by atoms with Crippen LogP contribution in [0, 0.1) is 21.0 Å². The van der Waals surface area contributed by atoms with Gasteiger partial charge in [0, 0.05) is 36.2 Å². The number of nitrogens with zero attached hydrogens (tertiary/aromatic N) is 7. The molecular weight excluding hydrogens is 997 g/mol. The fourth-order valence-corrected chi connectivity index (χ4v) is 11.9. The van der Waals surface area contributed by atoms with E-state index in [1.807, 2.05) is 56.9 Å². The molecule has 10 rings (SSSR count). The Morgan fingerprint density at radius 2 is 1.62 bits per heavy atom. The molecule has 4 saturated heterocycles. The van der Waals surface area contributed by atoms with Crippen LogP contribution in [-0.4, -0.2) is 113 Å². The van der Waals surface area contributed by atoms with Crippen LogP contribution in [0.1, 0.15) is 70.9 Å². The highest BCUT2D eigenvalue weighted by atomic mass is 127. The van der Waals surface area contributed by atoms with Gasteiger partial charge >= 0.3 is 12.1 Å². The Morgan fingerprint density at radius 1 is 0.941 bits per heavy atom. The number of anilines is 2. The van der Waals surface area contributed by atoms with Crippen molar-refractivity contribution in [2.45, 2.75) is 114 Å². The molecule has 0 aliphatic carbocycles. The van der Waals surface area contributed by atoms with E-state index >= 15 is 13.2 Å². The first-order valence-electron chi connectivity index (χ1n) is 23.1. The number of pyridine rings is 1. The third-order valence-electron chi connectivity index (χ3n) is 14.1. The van der Waals surface area contributed by atoms with Crippen molar-refractivity contribution in [1.29, 1.82) is 0 Å². The molecule has 0 spiro atoms. The number of benzene rings is 3. The summed E-state index contributed by atoms with van der Waals surface area (Å²) in [4.78, 5) is 35.7. The highest BCUT2D eigenvalue weighted by Gasteiger charge is 2.54. The number of aromatic nitrogens is 3. The summed E-state index contributed by atoms with van der Waals surface area (Å²) in [5.74, 6) is -1.39. The lowest BCUT2D eigenvalue weighted by atomic mass is 9.95. The Bertz CT molecular complexity index is 2700. The van der Waals surface area contributed by atoms with Gasteiger partial charge in [-0.1, -0.05) is 24.3 Å². The normalized spacial score (nSPS) is 24.1. The number of hydrogen-bond donors (Lipinski definition) is 0. The molecule has 4 fully saturated rings. The van der Waals surface area contributed by atoms with Crippen LogP contribution in [0.25, 0.3) is 22.2 Å². The molecule has 5 aliphatic rings. The summed E-state index contributed by atoms with van der Waals surface area (Å²) in [7, 11) is 3.11. The number of rotatable bonds is 11. The molecule has 0 saturated carbocycles. The maximum Gasteiger partial charge on any atom is 0.410 e. The number of hydrogen-bond acceptors (Lipinski definition) is 12. The monoisotopic (exact) mass is 1050 g/mol. The molecule has 2 bridgehead atoms. The number of fused-ring (bicyclic) bond motifs is 6. The molecule has 360 valence electrons. The van der Waals surface area contributed by atoms with Crippen LogP contribution in [0.3, 0.4) is 0 Å². The fourth-order valence-electron chi connectivity index (χ4n) is 11.1. The molecule has 0 radical (unpaired) electrons. The third-order valence-corrected chi connectivity index (χ3v) is 14.9. The predicted octanol–water partition coefficient (Wildman–Crippen LogP) is 9.63. The Labute approximate surface area is 406 Å². The highest BCUT2D eigenvalue weighted by molar-refractivity contribution is 14.1. The van der Waals surface area contributed by atoms with Crippen LogP contribution in [0.15, 0.2) is 54.6 Å². The number of alkyl halides is 1. The zero-order valence-electron chi connectivity index (χ0n) is 38.8. The second kappa shape index (κ2) is 17.9. The number of piperazine rings is 1. The van der Waals surface area contributed by atoms with E-state index < -0.39 is 58.7 Å². The van der Waals surface area contributed by atoms with E-state index in [4.69, 9.17) is 33.7 Å². The van der Waals surface area contributed by atoms with Crippen LogP contribution in [-0.2, 0) is 17.8 Å². The molecule has 5 aliphatic heterocycles. The van der Waals surface area contributed by atoms with Gasteiger partial charge in [-0.3, -0.25) is 9.80 Å². The van der Waals surface area contributed by atoms with Crippen molar-refractivity contribution in [3.05, 3.63) is 86.7 Å². The van der Waals surface area contributed by atoms with Gasteiger partial charge in [-0.25, -0.2) is 27.3 Å². The van der Waals surface area contributed by atoms with Crippen molar-refractivity contribution < 1.29 is 46.0 Å². The van der Waals surface area contributed by atoms with Crippen molar-refractivity contribution in [2.75, 3.05) is 50.3 Å². The lowest BCUT2D eigenvalue weighted by molar-refractivity contribution is 0.000932. The molecule has 2 aromatic heterocycles. The summed E-state index contributed by atoms with van der Waals surface area (Å²) in [5, 5.41) is 0.154. The van der Waals surface area contributed by atoms with Gasteiger partial charge in [0.15, 0.2) is 17.5 Å². The molecule has 13 nitrogen and oxygen atoms in total. The number of methoxy groups -OCH3 is 2. The molecule has 3 aromatic carbocycles. The first kappa shape index (κ1) is 46.4. The topological polar surface area (TPSA) is 115 Å². The van der Waals surface area contributed by atoms with Crippen LogP contribution >= 0.6 is 22.6 Å². The number of halogens is 5. The SMILES string of the molecule is COc1ccc(CN(Cc2ccc(OC)cc2)c2c(F)cc(I)c(-c3nc4c5c(nc(OC[C@@]67CCCN6C[C@H](F)C7)nc5c3F)N3C[C@H]5CC[C@@H]([C@H]3[C@H](C)O4)N5C(=O)OC(C)(C)C)c2F)cc1. The van der Waals surface area contributed by atoms with E-state index in [1.54, 1.807) is 70.9 Å². The van der Waals surface area contributed by atoms with E-state index in [0.717, 1.165) is 30.5 Å². The first-order valence-corrected chi connectivity index (χ1v) is 24.2. The Morgan fingerprint density at radius 3 is 2.26 bits per heavy atom. The largest absolute Gasteiger partial charge is 0.497 e. The summed E-state index contributed by atoms with van der Waals surface area (Å²) < 4.78 is 97.1. The summed E-state index contributed by atoms with van der Waals surface area (Å²) in [6.45, 7) is 8.91. The molecule has 18 heteroatoms. The quantitative estimate of drug-likeness (QED) is 0.0928. The number of ether oxygens (including phenoxy) is 5. The van der Waals surface area contributed by atoms with E-state index in [9.17, 15) is 9.18 Å². The summed E-state index contributed by atoms with van der Waals surface area (Å²) in [6.07, 6.45) is 1.14. The molecule has 68 heavy (non-hydrogen) atoms. The Kier molecular flexibility index (Phi) is 12.2. The summed E-state index contributed by atoms with van der Waals surface area (Å²) in [5.41, 5.74) is -1.17. The smallest absolute Gasteiger partial charge is 0.410 e. The maximum atomic E-state index is 17.9. The molecule has 7 heterocycles. The predicted molar refractivity (Wildman–Crippen MR) is 256 cm³/mol. The molecule has 6 atom stereocenters. The van der Waals surface area contributed by atoms with Gasteiger partial charge in [-0.2, -0.15) is 9.97 Å². The van der Waals surface area contributed by atoms with Gasteiger partial charge in [0.25, 0.3) is 0 Å². The minimum absolute atomic E-state index is 0.0504. The molecule has 0 N–H and O–H groups in total. The zero-order chi connectivity index (χ0) is 47.8. The average molecular weight is 1050 g/mol. The lowest BCUT2D eigenvalue weighted by Crippen LogP contribution is -2.65. The fraction of sp³-hybridized carbons (Fsp3) is 0.480. The first-order chi connectivity index (χ1) is 32.5. The van der Waals surface area contributed by atoms with E-state index in [2.05, 4.69) is 9.88 Å². The van der Waals surface area contributed by atoms with Crippen molar-refractivity contribution in [1.82, 2.24) is 24.8 Å². The maximum absolute atomic E-state index is 17.9. The summed E-state index contributed by atoms with van der Waals surface area (Å²) in [6, 6.07) is 14.2. The van der Waals surface area contributed by atoms with Crippen LogP contribution in [0.2, 0.25) is 0 Å². The van der Waals surface area contributed by atoms with Crippen molar-refractivity contribution in [3.63, 3.8) is 0 Å². The van der Waals surface area contributed by atoms with Gasteiger partial charge in [-0.15, -0.1) is 0 Å². The van der Waals surface area contributed by atoms with Crippen molar-refractivity contribution >= 4 is 51.1 Å². The van der Waals surface area contributed by atoms with Crippen LogP contribution in [0.5, 0.6) is 23.4 Å². The van der Waals surface area contributed by atoms with Gasteiger partial charge in [0.1, 0.15) is 64.1 Å². The molecule has 5 aromatic rings. The van der Waals surface area contributed by atoms with Gasteiger partial charge in [0.05, 0.1) is 43.4 Å². The number of carbonyl (C=O) groups is 1. The molecule has 1 amide bonds. The number of carbonyl (C=O) groups excluding carboxylic acids is 1. The van der Waals surface area contributed by atoms with E-state index in [-0.39, 0.29) is 69.4 Å². The Hall–Kier alpha value is -5.37. The van der Waals surface area contributed by atoms with Gasteiger partial charge in [0.2, 0.25) is 5.88 Å². The second-order valence-corrected chi connectivity index (χ2v) is 20.7. The van der Waals surface area contributed by atoms with Crippen molar-refractivity contribution in [3.8, 4) is 34.6 Å². The van der Waals surface area contributed by atoms with E-state index in [0.29, 0.717) is 49.7 Å². The third kappa shape index (κ3) is 8.36. The average Bonchev–Trinajstić information content (AvgIpc) is 3.91. The van der Waals surface area contributed by atoms with Crippen LogP contribution < -0.4 is 28.7 Å². The van der Waals surface area contributed by atoms with E-state index in [1.165, 1.54) is 6.07 Å². The minimum atomic E-state index is -1.04. The van der Waals surface area contributed by atoms with Gasteiger partial charge in [-0.05, 0) is 124 Å².